The smallest absolute Gasteiger partial charge is 0.341 e. The van der Waals surface area contributed by atoms with Crippen molar-refractivity contribution in [2.24, 2.45) is 5.10 Å². The van der Waals surface area contributed by atoms with Crippen molar-refractivity contribution in [3.63, 3.8) is 0 Å². The maximum absolute atomic E-state index is 12.2. The van der Waals surface area contributed by atoms with Gasteiger partial charge in [0.2, 0.25) is 0 Å². The lowest BCUT2D eigenvalue weighted by Crippen LogP contribution is -2.33. The number of carbonyl (C=O) groups is 3. The summed E-state index contributed by atoms with van der Waals surface area (Å²) in [6, 6.07) is 3.37. The number of nitrogens with zero attached hydrogens (tertiary/aromatic N) is 1. The monoisotopic (exact) mass is 389 g/mol. The summed E-state index contributed by atoms with van der Waals surface area (Å²) in [5.41, 5.74) is 3.84. The number of anilines is 1. The molecule has 142 valence electrons. The molecule has 0 aromatic carbocycles. The van der Waals surface area contributed by atoms with Gasteiger partial charge in [-0.15, -0.1) is 11.3 Å². The number of ether oxygens (including phenoxy) is 1. The Labute approximate surface area is 159 Å². The van der Waals surface area contributed by atoms with E-state index < -0.39 is 17.8 Å². The molecule has 0 fully saturated rings. The predicted octanol–water partition coefficient (Wildman–Crippen LogP) is 2.49. The molecule has 0 spiro atoms. The maximum Gasteiger partial charge on any atom is 0.341 e. The fourth-order valence-corrected chi connectivity index (χ4v) is 4.13. The van der Waals surface area contributed by atoms with Gasteiger partial charge in [0.15, 0.2) is 0 Å². The van der Waals surface area contributed by atoms with Gasteiger partial charge in [-0.1, -0.05) is 0 Å². The van der Waals surface area contributed by atoms with Gasteiger partial charge in [0.1, 0.15) is 16.5 Å². The van der Waals surface area contributed by atoms with Crippen LogP contribution in [0.2, 0.25) is 0 Å². The van der Waals surface area contributed by atoms with Crippen molar-refractivity contribution >= 4 is 39.8 Å². The van der Waals surface area contributed by atoms with Crippen LogP contribution in [0.1, 0.15) is 46.3 Å². The molecule has 0 atom stereocenters. The molecule has 0 radical (unpaired) electrons. The van der Waals surface area contributed by atoms with E-state index in [9.17, 15) is 14.4 Å². The van der Waals surface area contributed by atoms with Crippen molar-refractivity contribution in [2.45, 2.75) is 32.6 Å². The fraction of sp³-hybridized carbons (Fsp3) is 0.333. The van der Waals surface area contributed by atoms with E-state index in [1.807, 2.05) is 0 Å². The standard InChI is InChI=1S/C18H19N3O5S/c1-10(12-7-5-9-26-12)20-21-16(23)15(22)19-17-14(18(24)25-2)11-6-3-4-8-13(11)27-17/h5,7,9H,3-4,6,8H2,1-2H3,(H,19,22)(H,21,23)/b20-10+. The first-order valence-electron chi connectivity index (χ1n) is 8.43. The number of thiophene rings is 1. The Morgan fingerprint density at radius 3 is 2.70 bits per heavy atom. The van der Waals surface area contributed by atoms with E-state index in [4.69, 9.17) is 9.15 Å². The highest BCUT2D eigenvalue weighted by Gasteiger charge is 2.28. The number of methoxy groups -OCH3 is 1. The molecular formula is C18H19N3O5S. The molecule has 0 aliphatic heterocycles. The zero-order chi connectivity index (χ0) is 19.4. The van der Waals surface area contributed by atoms with E-state index in [1.165, 1.54) is 24.7 Å². The van der Waals surface area contributed by atoms with E-state index in [2.05, 4.69) is 15.8 Å². The summed E-state index contributed by atoms with van der Waals surface area (Å²) in [6.07, 6.45) is 5.09. The summed E-state index contributed by atoms with van der Waals surface area (Å²) >= 11 is 1.31. The largest absolute Gasteiger partial charge is 0.465 e. The number of fused-ring (bicyclic) bond motifs is 1. The minimum absolute atomic E-state index is 0.334. The number of hydrogen-bond donors (Lipinski definition) is 2. The maximum atomic E-state index is 12.2. The summed E-state index contributed by atoms with van der Waals surface area (Å²) in [4.78, 5) is 37.5. The van der Waals surface area contributed by atoms with Crippen LogP contribution in [0.4, 0.5) is 5.00 Å². The lowest BCUT2D eigenvalue weighted by Gasteiger charge is -2.11. The number of carbonyl (C=O) groups excluding carboxylic acids is 3. The number of esters is 1. The van der Waals surface area contributed by atoms with E-state index in [0.717, 1.165) is 36.1 Å². The summed E-state index contributed by atoms with van der Waals surface area (Å²) < 4.78 is 10.00. The fourth-order valence-electron chi connectivity index (χ4n) is 2.86. The molecule has 1 aliphatic carbocycles. The molecule has 0 unspecified atom stereocenters. The first kappa shape index (κ1) is 18.8. The molecule has 2 aromatic heterocycles. The first-order valence-corrected chi connectivity index (χ1v) is 9.25. The van der Waals surface area contributed by atoms with E-state index >= 15 is 0 Å². The van der Waals surface area contributed by atoms with E-state index in [1.54, 1.807) is 19.1 Å². The molecule has 8 nitrogen and oxygen atoms in total. The Morgan fingerprint density at radius 1 is 1.22 bits per heavy atom. The molecule has 9 heteroatoms. The van der Waals surface area contributed by atoms with Gasteiger partial charge in [0.05, 0.1) is 18.9 Å². The zero-order valence-electron chi connectivity index (χ0n) is 15.0. The second kappa shape index (κ2) is 8.17. The Hall–Kier alpha value is -2.94. The number of furan rings is 1. The van der Waals surface area contributed by atoms with Gasteiger partial charge in [-0.3, -0.25) is 9.59 Å². The third kappa shape index (κ3) is 4.08. The molecule has 0 saturated heterocycles. The molecule has 1 aliphatic rings. The minimum atomic E-state index is -0.942. The van der Waals surface area contributed by atoms with E-state index in [-0.39, 0.29) is 0 Å². The summed E-state index contributed by atoms with van der Waals surface area (Å²) in [7, 11) is 1.29. The Bertz CT molecular complexity index is 898. The van der Waals surface area contributed by atoms with Gasteiger partial charge in [-0.25, -0.2) is 10.2 Å². The summed E-state index contributed by atoms with van der Waals surface area (Å²) in [5.74, 6) is -1.88. The van der Waals surface area contributed by atoms with Crippen LogP contribution < -0.4 is 10.7 Å². The van der Waals surface area contributed by atoms with Gasteiger partial charge >= 0.3 is 17.8 Å². The van der Waals surface area contributed by atoms with Crippen molar-refractivity contribution in [1.29, 1.82) is 0 Å². The van der Waals surface area contributed by atoms with Crippen molar-refractivity contribution in [1.82, 2.24) is 5.43 Å². The summed E-state index contributed by atoms with van der Waals surface area (Å²) in [5, 5.41) is 6.69. The molecule has 2 heterocycles. The predicted molar refractivity (Wildman–Crippen MR) is 100.0 cm³/mol. The third-order valence-corrected chi connectivity index (χ3v) is 5.40. The highest BCUT2D eigenvalue weighted by Crippen LogP contribution is 2.38. The lowest BCUT2D eigenvalue weighted by molar-refractivity contribution is -0.136. The highest BCUT2D eigenvalue weighted by atomic mass is 32.1. The van der Waals surface area contributed by atoms with Crippen molar-refractivity contribution < 1.29 is 23.5 Å². The van der Waals surface area contributed by atoms with Crippen molar-refractivity contribution in [3.8, 4) is 0 Å². The second-order valence-corrected chi connectivity index (χ2v) is 7.08. The second-order valence-electron chi connectivity index (χ2n) is 5.98. The number of rotatable bonds is 4. The van der Waals surface area contributed by atoms with Crippen LogP contribution in [0, 0.1) is 0 Å². The number of hydrazone groups is 1. The minimum Gasteiger partial charge on any atom is -0.465 e. The normalized spacial score (nSPS) is 13.6. The molecule has 3 rings (SSSR count). The molecule has 2 aromatic rings. The highest BCUT2D eigenvalue weighted by molar-refractivity contribution is 7.17. The third-order valence-electron chi connectivity index (χ3n) is 4.20. The molecule has 0 saturated carbocycles. The van der Waals surface area contributed by atoms with Crippen LogP contribution in [0.15, 0.2) is 27.9 Å². The van der Waals surface area contributed by atoms with Crippen LogP contribution >= 0.6 is 11.3 Å². The number of hydrogen-bond acceptors (Lipinski definition) is 7. The Morgan fingerprint density at radius 2 is 2.00 bits per heavy atom. The molecular weight excluding hydrogens is 370 g/mol. The number of amides is 2. The van der Waals surface area contributed by atoms with Gasteiger partial charge in [0, 0.05) is 4.88 Å². The van der Waals surface area contributed by atoms with Crippen LogP contribution in [-0.4, -0.2) is 30.6 Å². The molecule has 27 heavy (non-hydrogen) atoms. The van der Waals surface area contributed by atoms with Crippen molar-refractivity contribution in [2.75, 3.05) is 12.4 Å². The van der Waals surface area contributed by atoms with Gasteiger partial charge in [-0.2, -0.15) is 5.10 Å². The van der Waals surface area contributed by atoms with Crippen LogP contribution in [0.5, 0.6) is 0 Å². The van der Waals surface area contributed by atoms with Crippen LogP contribution in [-0.2, 0) is 27.2 Å². The average molecular weight is 389 g/mol. The molecule has 2 amide bonds. The molecule has 0 bridgehead atoms. The average Bonchev–Trinajstić information content (AvgIpc) is 3.32. The Kier molecular flexibility index (Phi) is 5.70. The van der Waals surface area contributed by atoms with Crippen LogP contribution in [0.3, 0.4) is 0 Å². The SMILES string of the molecule is COC(=O)c1c(NC(=O)C(=O)N/N=C(\C)c2ccco2)sc2c1CCCC2. The lowest BCUT2D eigenvalue weighted by atomic mass is 9.95. The zero-order valence-corrected chi connectivity index (χ0v) is 15.8. The van der Waals surface area contributed by atoms with Crippen LogP contribution in [0.25, 0.3) is 0 Å². The number of nitrogens with one attached hydrogen (secondary N) is 2. The Balaban J connectivity index is 1.73. The van der Waals surface area contributed by atoms with Crippen molar-refractivity contribution in [3.05, 3.63) is 40.2 Å². The van der Waals surface area contributed by atoms with E-state index in [0.29, 0.717) is 22.0 Å². The summed E-state index contributed by atoms with van der Waals surface area (Å²) in [6.45, 7) is 1.64. The molecule has 2 N–H and O–H groups in total. The van der Waals surface area contributed by atoms with Gasteiger partial charge < -0.3 is 14.5 Å². The van der Waals surface area contributed by atoms with Gasteiger partial charge in [0.25, 0.3) is 0 Å². The number of aryl methyl sites for hydroxylation is 1. The quantitative estimate of drug-likeness (QED) is 0.361. The first-order chi connectivity index (χ1) is 13.0. The topological polar surface area (TPSA) is 110 Å². The van der Waals surface area contributed by atoms with Gasteiger partial charge in [-0.05, 0) is 50.3 Å².